The number of fused-ring (bicyclic) bond motifs is 1. The summed E-state index contributed by atoms with van der Waals surface area (Å²) in [4.78, 5) is 15.0. The lowest BCUT2D eigenvalue weighted by Gasteiger charge is -2.18. The van der Waals surface area contributed by atoms with Crippen LogP contribution in [0.5, 0.6) is 5.75 Å². The van der Waals surface area contributed by atoms with Gasteiger partial charge >= 0.3 is 0 Å². The molecule has 0 aliphatic carbocycles. The first kappa shape index (κ1) is 16.3. The molecule has 0 saturated carbocycles. The van der Waals surface area contributed by atoms with Crippen LogP contribution in [-0.4, -0.2) is 38.0 Å². The lowest BCUT2D eigenvalue weighted by atomic mass is 10.0. The highest BCUT2D eigenvalue weighted by molar-refractivity contribution is 5.97. The predicted octanol–water partition coefficient (Wildman–Crippen LogP) is 2.73. The summed E-state index contributed by atoms with van der Waals surface area (Å²) in [5.41, 5.74) is 4.70. The quantitative estimate of drug-likeness (QED) is 0.783. The molecule has 4 rings (SSSR count). The van der Waals surface area contributed by atoms with Crippen LogP contribution >= 0.6 is 0 Å². The smallest absolute Gasteiger partial charge is 0.258 e. The molecule has 7 nitrogen and oxygen atoms in total. The minimum Gasteiger partial charge on any atom is -0.493 e. The number of nitrogens with zero attached hydrogens (tertiary/aromatic N) is 4. The van der Waals surface area contributed by atoms with Gasteiger partial charge in [0.05, 0.1) is 12.2 Å². The number of carbonyl (C=O) groups excluding carboxylic acids is 1. The van der Waals surface area contributed by atoms with Crippen molar-refractivity contribution in [2.45, 2.75) is 26.9 Å². The van der Waals surface area contributed by atoms with Gasteiger partial charge in [-0.2, -0.15) is 5.21 Å². The van der Waals surface area contributed by atoms with Gasteiger partial charge in [-0.05, 0) is 42.3 Å². The van der Waals surface area contributed by atoms with E-state index >= 15 is 0 Å². The van der Waals surface area contributed by atoms with Crippen molar-refractivity contribution in [3.63, 3.8) is 0 Å². The minimum atomic E-state index is -0.0348. The zero-order chi connectivity index (χ0) is 18.1. The Morgan fingerprint density at radius 3 is 2.92 bits per heavy atom. The van der Waals surface area contributed by atoms with Crippen molar-refractivity contribution >= 4 is 5.91 Å². The number of nitrogens with one attached hydrogen (secondary N) is 1. The Morgan fingerprint density at radius 1 is 1.27 bits per heavy atom. The molecule has 26 heavy (non-hydrogen) atoms. The maximum atomic E-state index is 13.2. The van der Waals surface area contributed by atoms with Gasteiger partial charge in [0.25, 0.3) is 5.91 Å². The second-order valence-corrected chi connectivity index (χ2v) is 6.27. The highest BCUT2D eigenvalue weighted by Crippen LogP contribution is 2.33. The number of H-pyrrole nitrogens is 1. The van der Waals surface area contributed by atoms with Crippen molar-refractivity contribution in [3.8, 4) is 17.1 Å². The number of hydrogen-bond donors (Lipinski definition) is 1. The third-order valence-electron chi connectivity index (χ3n) is 4.52. The summed E-state index contributed by atoms with van der Waals surface area (Å²) in [6.45, 7) is 5.47. The molecular formula is C19H19N5O2. The molecule has 7 heteroatoms. The normalized spacial score (nSPS) is 12.9. The fourth-order valence-corrected chi connectivity index (χ4v) is 3.31. The molecular weight excluding hydrogens is 330 g/mol. The van der Waals surface area contributed by atoms with Crippen molar-refractivity contribution < 1.29 is 9.53 Å². The van der Waals surface area contributed by atoms with Gasteiger partial charge < -0.3 is 9.64 Å². The lowest BCUT2D eigenvalue weighted by Crippen LogP contribution is -2.26. The first-order chi connectivity index (χ1) is 12.7. The number of aromatic amines is 1. The molecule has 0 atom stereocenters. The Bertz CT molecular complexity index is 953. The molecule has 2 aromatic carbocycles. The molecule has 1 amide bonds. The summed E-state index contributed by atoms with van der Waals surface area (Å²) in [6.07, 6.45) is 0. The Labute approximate surface area is 151 Å². The van der Waals surface area contributed by atoms with Crippen LogP contribution in [0.3, 0.4) is 0 Å². The number of benzene rings is 2. The lowest BCUT2D eigenvalue weighted by molar-refractivity contribution is 0.0747. The molecule has 0 bridgehead atoms. The SMILES string of the molecule is CCOc1ccc(C)cc1C(=O)N1Cc2cccc(-c3nn[nH]n3)c2C1. The molecule has 0 spiro atoms. The van der Waals surface area contributed by atoms with Gasteiger partial charge in [0.1, 0.15) is 5.75 Å². The monoisotopic (exact) mass is 349 g/mol. The number of aromatic nitrogens is 4. The van der Waals surface area contributed by atoms with Crippen LogP contribution in [0.2, 0.25) is 0 Å². The molecule has 1 N–H and O–H groups in total. The average molecular weight is 349 g/mol. The second-order valence-electron chi connectivity index (χ2n) is 6.27. The maximum absolute atomic E-state index is 13.2. The molecule has 0 saturated heterocycles. The van der Waals surface area contributed by atoms with Crippen LogP contribution in [0.25, 0.3) is 11.4 Å². The Hall–Kier alpha value is -3.22. The first-order valence-electron chi connectivity index (χ1n) is 8.54. The van der Waals surface area contributed by atoms with Crippen molar-refractivity contribution in [1.82, 2.24) is 25.5 Å². The number of ether oxygens (including phenoxy) is 1. The van der Waals surface area contributed by atoms with Crippen LogP contribution in [0, 0.1) is 6.92 Å². The molecule has 1 aromatic heterocycles. The van der Waals surface area contributed by atoms with Crippen LogP contribution in [0.4, 0.5) is 0 Å². The van der Waals surface area contributed by atoms with Crippen molar-refractivity contribution in [1.29, 1.82) is 0 Å². The molecule has 0 radical (unpaired) electrons. The number of carbonyl (C=O) groups is 1. The Balaban J connectivity index is 1.66. The molecule has 1 aliphatic heterocycles. The topological polar surface area (TPSA) is 84.0 Å². The summed E-state index contributed by atoms with van der Waals surface area (Å²) >= 11 is 0. The third kappa shape index (κ3) is 2.81. The average Bonchev–Trinajstić information content (AvgIpc) is 3.32. The number of hydrogen-bond acceptors (Lipinski definition) is 5. The van der Waals surface area contributed by atoms with E-state index in [2.05, 4.69) is 20.6 Å². The zero-order valence-corrected chi connectivity index (χ0v) is 14.7. The van der Waals surface area contributed by atoms with Crippen molar-refractivity contribution in [2.75, 3.05) is 6.61 Å². The first-order valence-corrected chi connectivity index (χ1v) is 8.54. The Morgan fingerprint density at radius 2 is 2.15 bits per heavy atom. The third-order valence-corrected chi connectivity index (χ3v) is 4.52. The summed E-state index contributed by atoms with van der Waals surface area (Å²) < 4.78 is 5.65. The maximum Gasteiger partial charge on any atom is 0.258 e. The summed E-state index contributed by atoms with van der Waals surface area (Å²) in [5, 5.41) is 14.3. The van der Waals surface area contributed by atoms with Crippen LogP contribution < -0.4 is 4.74 Å². The van der Waals surface area contributed by atoms with E-state index in [9.17, 15) is 4.79 Å². The number of rotatable bonds is 4. The zero-order valence-electron chi connectivity index (χ0n) is 14.7. The molecule has 1 aliphatic rings. The van der Waals surface area contributed by atoms with Crippen LogP contribution in [0.15, 0.2) is 36.4 Å². The van der Waals surface area contributed by atoms with E-state index < -0.39 is 0 Å². The summed E-state index contributed by atoms with van der Waals surface area (Å²) in [6, 6.07) is 11.6. The second kappa shape index (κ2) is 6.59. The van der Waals surface area contributed by atoms with E-state index in [1.54, 1.807) is 0 Å². The number of amides is 1. The minimum absolute atomic E-state index is 0.0348. The van der Waals surface area contributed by atoms with Gasteiger partial charge in [0.2, 0.25) is 5.82 Å². The van der Waals surface area contributed by atoms with E-state index in [-0.39, 0.29) is 5.91 Å². The number of aryl methyl sites for hydroxylation is 1. The fourth-order valence-electron chi connectivity index (χ4n) is 3.31. The van der Waals surface area contributed by atoms with E-state index in [1.807, 2.05) is 55.1 Å². The van der Waals surface area contributed by atoms with Crippen LogP contribution in [0.1, 0.15) is 34.0 Å². The predicted molar refractivity (Wildman–Crippen MR) is 95.5 cm³/mol. The van der Waals surface area contributed by atoms with Gasteiger partial charge in [-0.1, -0.05) is 29.8 Å². The standard InChI is InChI=1S/C19H19N5O2/c1-3-26-17-8-7-12(2)9-15(17)19(25)24-10-13-5-4-6-14(16(13)11-24)18-20-22-23-21-18/h4-9H,3,10-11H2,1-2H3,(H,20,21,22,23). The van der Waals surface area contributed by atoms with Crippen molar-refractivity contribution in [3.05, 3.63) is 58.7 Å². The van der Waals surface area contributed by atoms with Crippen LogP contribution in [-0.2, 0) is 13.1 Å². The molecule has 3 aromatic rings. The van der Waals surface area contributed by atoms with E-state index in [0.717, 1.165) is 22.3 Å². The number of tetrazole rings is 1. The molecule has 0 unspecified atom stereocenters. The molecule has 132 valence electrons. The van der Waals surface area contributed by atoms with Gasteiger partial charge in [-0.25, -0.2) is 0 Å². The van der Waals surface area contributed by atoms with Gasteiger partial charge in [0, 0.05) is 18.7 Å². The molecule has 2 heterocycles. The summed E-state index contributed by atoms with van der Waals surface area (Å²) in [5.74, 6) is 1.13. The highest BCUT2D eigenvalue weighted by atomic mass is 16.5. The fraction of sp³-hybridized carbons (Fsp3) is 0.263. The Kier molecular flexibility index (Phi) is 4.12. The van der Waals surface area contributed by atoms with Gasteiger partial charge in [-0.3, -0.25) is 4.79 Å². The molecule has 0 fully saturated rings. The highest BCUT2D eigenvalue weighted by Gasteiger charge is 2.29. The van der Waals surface area contributed by atoms with E-state index in [0.29, 0.717) is 36.8 Å². The largest absolute Gasteiger partial charge is 0.493 e. The van der Waals surface area contributed by atoms with Gasteiger partial charge in [0.15, 0.2) is 0 Å². The van der Waals surface area contributed by atoms with E-state index in [4.69, 9.17) is 4.74 Å². The van der Waals surface area contributed by atoms with Crippen molar-refractivity contribution in [2.24, 2.45) is 0 Å². The van der Waals surface area contributed by atoms with Gasteiger partial charge in [-0.15, -0.1) is 10.2 Å². The van der Waals surface area contributed by atoms with E-state index in [1.165, 1.54) is 0 Å². The summed E-state index contributed by atoms with van der Waals surface area (Å²) in [7, 11) is 0.